The molecule has 0 spiro atoms. The van der Waals surface area contributed by atoms with Crippen LogP contribution in [0.25, 0.3) is 0 Å². The van der Waals surface area contributed by atoms with Gasteiger partial charge < -0.3 is 25.9 Å². The van der Waals surface area contributed by atoms with Crippen LogP contribution in [0.15, 0.2) is 17.8 Å². The van der Waals surface area contributed by atoms with E-state index in [0.29, 0.717) is 5.71 Å². The summed E-state index contributed by atoms with van der Waals surface area (Å²) in [5.74, 6) is -0.646. The molecule has 0 saturated carbocycles. The summed E-state index contributed by atoms with van der Waals surface area (Å²) < 4.78 is 0. The highest BCUT2D eigenvalue weighted by Crippen LogP contribution is 2.28. The van der Waals surface area contributed by atoms with Crippen molar-refractivity contribution >= 4 is 23.7 Å². The van der Waals surface area contributed by atoms with E-state index in [-0.39, 0.29) is 32.7 Å². The Labute approximate surface area is 137 Å². The van der Waals surface area contributed by atoms with Crippen molar-refractivity contribution in [1.29, 1.82) is 0 Å². The first-order valence-electron chi connectivity index (χ1n) is 7.24. The Morgan fingerprint density at radius 3 is 2.92 bits per heavy atom. The van der Waals surface area contributed by atoms with Crippen LogP contribution in [-0.2, 0) is 14.5 Å². The fourth-order valence-electron chi connectivity index (χ4n) is 2.51. The van der Waals surface area contributed by atoms with Gasteiger partial charge in [-0.05, 0) is 0 Å². The average Bonchev–Trinajstić information content (AvgIpc) is 2.79. The third-order valence-corrected chi connectivity index (χ3v) is 3.56. The fourth-order valence-corrected chi connectivity index (χ4v) is 2.51. The molecule has 2 atom stereocenters. The number of nitrogens with zero attached hydrogens (tertiary/aromatic N) is 3. The number of primary amides is 1. The molecule has 4 amide bonds. The van der Waals surface area contributed by atoms with Gasteiger partial charge in [0.2, 0.25) is 5.91 Å². The summed E-state index contributed by atoms with van der Waals surface area (Å²) in [5, 5.41) is 15.6. The fraction of sp³-hybridized carbons (Fsp3) is 0.538. The van der Waals surface area contributed by atoms with Crippen molar-refractivity contribution in [3.05, 3.63) is 12.7 Å². The van der Waals surface area contributed by atoms with E-state index in [0.717, 1.165) is 5.06 Å². The van der Waals surface area contributed by atoms with Gasteiger partial charge in [-0.2, -0.15) is 5.06 Å². The van der Waals surface area contributed by atoms with Crippen molar-refractivity contribution in [3.8, 4) is 0 Å². The number of hydrogen-bond donors (Lipinski definition) is 3. The highest BCUT2D eigenvalue weighted by atomic mass is 16.7. The predicted octanol–water partition coefficient (Wildman–Crippen LogP) is -0.892. The van der Waals surface area contributed by atoms with Crippen LogP contribution < -0.4 is 11.1 Å². The second-order valence-corrected chi connectivity index (χ2v) is 5.13. The Morgan fingerprint density at radius 1 is 1.54 bits per heavy atom. The lowest BCUT2D eigenvalue weighted by molar-refractivity contribution is -0.122. The Hall–Kier alpha value is -2.82. The molecule has 2 heterocycles. The molecule has 2 aliphatic rings. The van der Waals surface area contributed by atoms with Gasteiger partial charge in [0.15, 0.2) is 0 Å². The molecule has 24 heavy (non-hydrogen) atoms. The molecule has 0 radical (unpaired) electrons. The van der Waals surface area contributed by atoms with Crippen LogP contribution in [0.3, 0.4) is 0 Å². The first-order chi connectivity index (χ1) is 11.5. The number of hydrogen-bond acceptors (Lipinski definition) is 6. The SMILES string of the molecule is C=CCON1C(=O)N2C[C@H]1/C(=N/OCCNC(=O)O)C[C@H]2C(N)=O. The van der Waals surface area contributed by atoms with Gasteiger partial charge in [-0.3, -0.25) is 9.63 Å². The number of urea groups is 1. The largest absolute Gasteiger partial charge is 0.465 e. The monoisotopic (exact) mass is 341 g/mol. The summed E-state index contributed by atoms with van der Waals surface area (Å²) in [5.41, 5.74) is 5.78. The lowest BCUT2D eigenvalue weighted by Gasteiger charge is -2.28. The Morgan fingerprint density at radius 2 is 2.29 bits per heavy atom. The number of piperidine rings is 1. The number of nitrogens with two attached hydrogens (primary N) is 1. The summed E-state index contributed by atoms with van der Waals surface area (Å²) in [6.45, 7) is 3.91. The smallest absolute Gasteiger partial charge is 0.404 e. The number of carbonyl (C=O) groups excluding carboxylic acids is 2. The molecule has 0 aliphatic carbocycles. The maximum atomic E-state index is 12.3. The summed E-state index contributed by atoms with van der Waals surface area (Å²) >= 11 is 0. The normalized spacial score (nSPS) is 24.2. The first-order valence-corrected chi connectivity index (χ1v) is 7.24. The molecule has 2 rings (SSSR count). The quantitative estimate of drug-likeness (QED) is 0.296. The van der Waals surface area contributed by atoms with E-state index >= 15 is 0 Å². The van der Waals surface area contributed by atoms with Gasteiger partial charge in [-0.25, -0.2) is 9.59 Å². The number of rotatable bonds is 8. The van der Waals surface area contributed by atoms with E-state index in [1.807, 2.05) is 0 Å². The Kier molecular flexibility index (Phi) is 5.58. The van der Waals surface area contributed by atoms with E-state index in [1.54, 1.807) is 0 Å². The highest BCUT2D eigenvalue weighted by molar-refractivity contribution is 6.02. The topological polar surface area (TPSA) is 147 Å². The third kappa shape index (κ3) is 3.74. The summed E-state index contributed by atoms with van der Waals surface area (Å²) in [6, 6.07) is -1.80. The number of carboxylic acid groups (broad SMARTS) is 1. The molecule has 11 nitrogen and oxygen atoms in total. The molecule has 2 saturated heterocycles. The van der Waals surface area contributed by atoms with Crippen LogP contribution in [-0.4, -0.2) is 77.2 Å². The van der Waals surface area contributed by atoms with E-state index in [9.17, 15) is 14.4 Å². The molecule has 132 valence electrons. The van der Waals surface area contributed by atoms with Crippen LogP contribution in [0.4, 0.5) is 9.59 Å². The van der Waals surface area contributed by atoms with Gasteiger partial charge in [0.05, 0.1) is 25.4 Å². The molecule has 4 N–H and O–H groups in total. The van der Waals surface area contributed by atoms with Crippen LogP contribution in [0, 0.1) is 0 Å². The van der Waals surface area contributed by atoms with Gasteiger partial charge in [-0.15, -0.1) is 6.58 Å². The van der Waals surface area contributed by atoms with Gasteiger partial charge >= 0.3 is 12.1 Å². The number of fused-ring (bicyclic) bond motifs is 2. The highest BCUT2D eigenvalue weighted by Gasteiger charge is 2.51. The minimum Gasteiger partial charge on any atom is -0.465 e. The molecule has 0 aromatic rings. The Balaban J connectivity index is 2.07. The minimum absolute atomic E-state index is 0.00886. The molecule has 0 aromatic heterocycles. The summed E-state index contributed by atoms with van der Waals surface area (Å²) in [7, 11) is 0. The molecular weight excluding hydrogens is 322 g/mol. The lowest BCUT2D eigenvalue weighted by atomic mass is 9.98. The zero-order valence-electron chi connectivity index (χ0n) is 12.9. The van der Waals surface area contributed by atoms with E-state index in [1.165, 1.54) is 11.0 Å². The van der Waals surface area contributed by atoms with Gasteiger partial charge in [0.1, 0.15) is 18.7 Å². The van der Waals surface area contributed by atoms with Crippen molar-refractivity contribution in [2.75, 3.05) is 26.3 Å². The lowest BCUT2D eigenvalue weighted by Crippen LogP contribution is -2.51. The van der Waals surface area contributed by atoms with Crippen LogP contribution >= 0.6 is 0 Å². The molecular formula is C13H19N5O6. The molecule has 2 bridgehead atoms. The standard InChI is InChI=1S/C13H19N5O6/c1-2-4-24-18-10-7-17(13(18)22)9(11(14)19)6-8(10)16-23-5-3-15-12(20)21/h2,9-10,15H,1,3-7H2,(H2,14,19)(H,20,21)/b16-8+/t9-,10-/m0/s1. The molecule has 2 aliphatic heterocycles. The van der Waals surface area contributed by atoms with E-state index in [4.69, 9.17) is 20.5 Å². The van der Waals surface area contributed by atoms with E-state index < -0.39 is 30.1 Å². The number of carbonyl (C=O) groups is 3. The third-order valence-electron chi connectivity index (χ3n) is 3.56. The zero-order valence-corrected chi connectivity index (χ0v) is 12.9. The number of nitrogens with one attached hydrogen (secondary N) is 1. The van der Waals surface area contributed by atoms with Crippen LogP contribution in [0.5, 0.6) is 0 Å². The van der Waals surface area contributed by atoms with E-state index in [2.05, 4.69) is 17.1 Å². The second-order valence-electron chi connectivity index (χ2n) is 5.13. The van der Waals surface area contributed by atoms with Crippen molar-refractivity contribution in [3.63, 3.8) is 0 Å². The van der Waals surface area contributed by atoms with Crippen LogP contribution in [0.1, 0.15) is 6.42 Å². The molecule has 0 unspecified atom stereocenters. The van der Waals surface area contributed by atoms with Gasteiger partial charge in [-0.1, -0.05) is 11.2 Å². The second kappa shape index (κ2) is 7.64. The van der Waals surface area contributed by atoms with Crippen molar-refractivity contribution < 1.29 is 29.2 Å². The van der Waals surface area contributed by atoms with Gasteiger partial charge in [0.25, 0.3) is 0 Å². The zero-order chi connectivity index (χ0) is 17.7. The summed E-state index contributed by atoms with van der Waals surface area (Å²) in [6.07, 6.45) is 0.451. The van der Waals surface area contributed by atoms with Crippen molar-refractivity contribution in [2.45, 2.75) is 18.5 Å². The minimum atomic E-state index is -1.17. The Bertz CT molecular complexity index is 565. The first kappa shape index (κ1) is 17.5. The summed E-state index contributed by atoms with van der Waals surface area (Å²) in [4.78, 5) is 46.0. The number of oxime groups is 1. The average molecular weight is 341 g/mol. The molecule has 0 aromatic carbocycles. The molecule has 11 heteroatoms. The van der Waals surface area contributed by atoms with Crippen molar-refractivity contribution in [1.82, 2.24) is 15.3 Å². The van der Waals surface area contributed by atoms with Gasteiger partial charge in [0, 0.05) is 6.42 Å². The van der Waals surface area contributed by atoms with Crippen molar-refractivity contribution in [2.24, 2.45) is 10.9 Å². The predicted molar refractivity (Wildman–Crippen MR) is 80.9 cm³/mol. The molecule has 2 fully saturated rings. The van der Waals surface area contributed by atoms with Crippen LogP contribution in [0.2, 0.25) is 0 Å². The number of amides is 4. The maximum absolute atomic E-state index is 12.3. The maximum Gasteiger partial charge on any atom is 0.404 e. The number of hydroxylamine groups is 2.